The van der Waals surface area contributed by atoms with E-state index >= 15 is 0 Å². The Hall–Kier alpha value is -2.05. The third-order valence-electron chi connectivity index (χ3n) is 4.77. The molecule has 0 bridgehead atoms. The van der Waals surface area contributed by atoms with Crippen LogP contribution < -0.4 is 4.90 Å². The van der Waals surface area contributed by atoms with E-state index in [-0.39, 0.29) is 17.9 Å². The molecule has 0 saturated carbocycles. The van der Waals surface area contributed by atoms with Crippen molar-refractivity contribution in [1.29, 1.82) is 0 Å². The molecule has 2 aromatic carbocycles. The van der Waals surface area contributed by atoms with Gasteiger partial charge in [0.05, 0.1) is 19.0 Å². The van der Waals surface area contributed by atoms with E-state index in [1.54, 1.807) is 16.7 Å². The van der Waals surface area contributed by atoms with Crippen LogP contribution in [0.4, 0.5) is 5.69 Å². The highest BCUT2D eigenvalue weighted by molar-refractivity contribution is 7.99. The van der Waals surface area contributed by atoms with E-state index in [0.717, 1.165) is 34.3 Å². The summed E-state index contributed by atoms with van der Waals surface area (Å²) in [6.07, 6.45) is 0. The zero-order chi connectivity index (χ0) is 17.4. The van der Waals surface area contributed by atoms with Gasteiger partial charge in [-0.1, -0.05) is 24.3 Å². The van der Waals surface area contributed by atoms with Crippen LogP contribution in [0.3, 0.4) is 0 Å². The number of carbonyl (C=O) groups is 2. The Morgan fingerprint density at radius 2 is 2.08 bits per heavy atom. The molecule has 4 rings (SSSR count). The number of ether oxygens (including phenoxy) is 1. The normalized spacial score (nSPS) is 20.3. The summed E-state index contributed by atoms with van der Waals surface area (Å²) >= 11 is 1.76. The predicted molar refractivity (Wildman–Crippen MR) is 100 cm³/mol. The molecule has 6 heteroatoms. The van der Waals surface area contributed by atoms with Gasteiger partial charge in [0, 0.05) is 29.0 Å². The molecule has 130 valence electrons. The van der Waals surface area contributed by atoms with Gasteiger partial charge in [-0.2, -0.15) is 11.8 Å². The van der Waals surface area contributed by atoms with Crippen LogP contribution in [-0.2, 0) is 9.53 Å². The molecule has 0 aliphatic carbocycles. The Bertz CT molecular complexity index is 833. The fourth-order valence-electron chi connectivity index (χ4n) is 3.56. The quantitative estimate of drug-likeness (QED) is 0.789. The van der Waals surface area contributed by atoms with Gasteiger partial charge in [-0.05, 0) is 24.4 Å². The summed E-state index contributed by atoms with van der Waals surface area (Å²) < 4.78 is 5.23. The lowest BCUT2D eigenvalue weighted by atomic mass is 10.1. The largest absolute Gasteiger partial charge is 0.465 e. The lowest BCUT2D eigenvalue weighted by Crippen LogP contribution is -2.53. The predicted octanol–water partition coefficient (Wildman–Crippen LogP) is 2.74. The summed E-state index contributed by atoms with van der Waals surface area (Å²) in [7, 11) is 0. The molecule has 2 heterocycles. The van der Waals surface area contributed by atoms with E-state index in [1.165, 1.54) is 0 Å². The third kappa shape index (κ3) is 2.79. The topological polar surface area (TPSA) is 49.9 Å². The maximum atomic E-state index is 12.9. The number of hydrogen-bond donors (Lipinski definition) is 0. The lowest BCUT2D eigenvalue weighted by Gasteiger charge is -2.36. The van der Waals surface area contributed by atoms with Gasteiger partial charge in [-0.15, -0.1) is 0 Å². The number of amides is 1. The van der Waals surface area contributed by atoms with Crippen LogP contribution in [0.1, 0.15) is 17.3 Å². The first-order valence-electron chi connectivity index (χ1n) is 8.52. The highest BCUT2D eigenvalue weighted by Crippen LogP contribution is 2.37. The number of esters is 1. The SMILES string of the molecule is CCOC(=O)C1CSCCN1CN1C(=O)c2cccc3cccc1c23. The van der Waals surface area contributed by atoms with Crippen LogP contribution in [0.5, 0.6) is 0 Å². The van der Waals surface area contributed by atoms with E-state index in [9.17, 15) is 9.59 Å². The van der Waals surface area contributed by atoms with Crippen LogP contribution in [0, 0.1) is 0 Å². The Morgan fingerprint density at radius 1 is 1.28 bits per heavy atom. The summed E-state index contributed by atoms with van der Waals surface area (Å²) in [5, 5.41) is 2.08. The second kappa shape index (κ2) is 6.69. The van der Waals surface area contributed by atoms with Crippen molar-refractivity contribution in [3.63, 3.8) is 0 Å². The van der Waals surface area contributed by atoms with E-state index in [0.29, 0.717) is 19.0 Å². The third-order valence-corrected chi connectivity index (χ3v) is 5.79. The van der Waals surface area contributed by atoms with Crippen molar-refractivity contribution in [1.82, 2.24) is 4.90 Å². The molecule has 0 N–H and O–H groups in total. The molecule has 1 saturated heterocycles. The van der Waals surface area contributed by atoms with Crippen molar-refractivity contribution < 1.29 is 14.3 Å². The van der Waals surface area contributed by atoms with Gasteiger partial charge in [0.2, 0.25) is 0 Å². The van der Waals surface area contributed by atoms with Gasteiger partial charge in [0.15, 0.2) is 0 Å². The second-order valence-electron chi connectivity index (χ2n) is 6.21. The highest BCUT2D eigenvalue weighted by atomic mass is 32.2. The molecular weight excluding hydrogens is 336 g/mol. The summed E-state index contributed by atoms with van der Waals surface area (Å²) in [4.78, 5) is 29.1. The Balaban J connectivity index is 1.64. The summed E-state index contributed by atoms with van der Waals surface area (Å²) in [5.74, 6) is 1.47. The molecule has 1 amide bonds. The van der Waals surface area contributed by atoms with E-state index in [4.69, 9.17) is 4.74 Å². The minimum atomic E-state index is -0.297. The maximum Gasteiger partial charge on any atom is 0.324 e. The smallest absolute Gasteiger partial charge is 0.324 e. The van der Waals surface area contributed by atoms with Crippen molar-refractivity contribution in [3.05, 3.63) is 42.0 Å². The average molecular weight is 356 g/mol. The number of thioether (sulfide) groups is 1. The van der Waals surface area contributed by atoms with Crippen molar-refractivity contribution in [2.45, 2.75) is 13.0 Å². The average Bonchev–Trinajstić information content (AvgIpc) is 2.91. The Kier molecular flexibility index (Phi) is 4.39. The van der Waals surface area contributed by atoms with E-state index < -0.39 is 0 Å². The number of nitrogens with zero attached hydrogens (tertiary/aromatic N) is 2. The monoisotopic (exact) mass is 356 g/mol. The van der Waals surface area contributed by atoms with E-state index in [1.807, 2.05) is 43.3 Å². The molecule has 0 aromatic heterocycles. The van der Waals surface area contributed by atoms with E-state index in [2.05, 4.69) is 4.90 Å². The number of benzene rings is 2. The standard InChI is InChI=1S/C19H20N2O3S/c1-2-24-19(23)16-11-25-10-9-20(16)12-21-15-8-4-6-13-5-3-7-14(17(13)15)18(21)22/h3-8,16H,2,9-12H2,1H3. The molecule has 1 unspecified atom stereocenters. The molecule has 25 heavy (non-hydrogen) atoms. The summed E-state index contributed by atoms with van der Waals surface area (Å²) in [6.45, 7) is 3.38. The number of carbonyl (C=O) groups excluding carboxylic acids is 2. The lowest BCUT2D eigenvalue weighted by molar-refractivity contribution is -0.148. The van der Waals surface area contributed by atoms with Gasteiger partial charge < -0.3 is 4.74 Å². The van der Waals surface area contributed by atoms with Crippen molar-refractivity contribution >= 4 is 40.1 Å². The summed E-state index contributed by atoms with van der Waals surface area (Å²) in [5.41, 5.74) is 1.67. The number of anilines is 1. The van der Waals surface area contributed by atoms with Gasteiger partial charge in [-0.3, -0.25) is 19.4 Å². The van der Waals surface area contributed by atoms with Crippen molar-refractivity contribution in [2.75, 3.05) is 36.2 Å². The first-order chi connectivity index (χ1) is 12.2. The zero-order valence-electron chi connectivity index (χ0n) is 14.1. The van der Waals surface area contributed by atoms with Gasteiger partial charge in [0.1, 0.15) is 6.04 Å². The van der Waals surface area contributed by atoms with Crippen LogP contribution in [0.25, 0.3) is 10.8 Å². The molecule has 1 atom stereocenters. The Labute approximate surface area is 150 Å². The molecule has 2 aliphatic rings. The van der Waals surface area contributed by atoms with Crippen LogP contribution in [-0.4, -0.2) is 54.1 Å². The first-order valence-corrected chi connectivity index (χ1v) is 9.68. The fourth-order valence-corrected chi connectivity index (χ4v) is 4.66. The van der Waals surface area contributed by atoms with Crippen LogP contribution >= 0.6 is 11.8 Å². The number of rotatable bonds is 4. The molecule has 5 nitrogen and oxygen atoms in total. The van der Waals surface area contributed by atoms with Crippen LogP contribution in [0.15, 0.2) is 36.4 Å². The molecular formula is C19H20N2O3S. The fraction of sp³-hybridized carbons (Fsp3) is 0.368. The first kappa shape index (κ1) is 16.4. The van der Waals surface area contributed by atoms with Crippen LogP contribution in [0.2, 0.25) is 0 Å². The van der Waals surface area contributed by atoms with Gasteiger partial charge in [0.25, 0.3) is 5.91 Å². The van der Waals surface area contributed by atoms with Crippen molar-refractivity contribution in [2.24, 2.45) is 0 Å². The molecule has 0 spiro atoms. The highest BCUT2D eigenvalue weighted by Gasteiger charge is 2.36. The summed E-state index contributed by atoms with van der Waals surface area (Å²) in [6, 6.07) is 11.5. The zero-order valence-corrected chi connectivity index (χ0v) is 14.9. The Morgan fingerprint density at radius 3 is 2.88 bits per heavy atom. The molecule has 2 aliphatic heterocycles. The minimum absolute atomic E-state index is 0.00707. The second-order valence-corrected chi connectivity index (χ2v) is 7.36. The molecule has 1 fully saturated rings. The van der Waals surface area contributed by atoms with Gasteiger partial charge in [-0.25, -0.2) is 0 Å². The minimum Gasteiger partial charge on any atom is -0.465 e. The molecule has 0 radical (unpaired) electrons. The maximum absolute atomic E-state index is 12.9. The molecule has 2 aromatic rings. The van der Waals surface area contributed by atoms with Gasteiger partial charge >= 0.3 is 5.97 Å². The van der Waals surface area contributed by atoms with Crippen molar-refractivity contribution in [3.8, 4) is 0 Å². The number of hydrogen-bond acceptors (Lipinski definition) is 5.